The van der Waals surface area contributed by atoms with E-state index in [2.05, 4.69) is 47.6 Å². The lowest BCUT2D eigenvalue weighted by atomic mass is 9.80. The average Bonchev–Trinajstić information content (AvgIpc) is 2.38. The molecule has 0 aliphatic carbocycles. The summed E-state index contributed by atoms with van der Waals surface area (Å²) >= 11 is 2.31. The second kappa shape index (κ2) is 5.14. The summed E-state index contributed by atoms with van der Waals surface area (Å²) in [5, 5.41) is 0. The van der Waals surface area contributed by atoms with Crippen LogP contribution in [0.4, 0.5) is 0 Å². The summed E-state index contributed by atoms with van der Waals surface area (Å²) in [4.78, 5) is 4.63. The van der Waals surface area contributed by atoms with Crippen LogP contribution in [0.3, 0.4) is 0 Å². The van der Waals surface area contributed by atoms with E-state index in [9.17, 15) is 0 Å². The van der Waals surface area contributed by atoms with E-state index in [0.717, 1.165) is 22.7 Å². The van der Waals surface area contributed by atoms with E-state index >= 15 is 0 Å². The molecule has 1 aromatic carbocycles. The van der Waals surface area contributed by atoms with Crippen molar-refractivity contribution in [3.63, 3.8) is 0 Å². The zero-order valence-electron chi connectivity index (χ0n) is 11.0. The lowest BCUT2D eigenvalue weighted by Gasteiger charge is -2.27. The van der Waals surface area contributed by atoms with E-state index in [4.69, 9.17) is 3.79 Å². The van der Waals surface area contributed by atoms with E-state index in [1.807, 2.05) is 37.3 Å². The molecule has 2 aromatic rings. The number of aromatic nitrogens is 1. The Morgan fingerprint density at radius 3 is 2.44 bits per heavy atom. The van der Waals surface area contributed by atoms with Crippen LogP contribution >= 0.6 is 0 Å². The molecule has 1 heterocycles. The predicted octanol–water partition coefficient (Wildman–Crippen LogP) is 3.18. The molecule has 2 rings (SSSR count). The summed E-state index contributed by atoms with van der Waals surface area (Å²) in [7, 11) is 0. The van der Waals surface area contributed by atoms with E-state index in [-0.39, 0.29) is 5.41 Å². The van der Waals surface area contributed by atoms with Crippen LogP contribution in [0, 0.1) is 6.92 Å². The van der Waals surface area contributed by atoms with Gasteiger partial charge in [-0.1, -0.05) is 38.1 Å². The minimum Gasteiger partial charge on any atom is -0.653 e. The van der Waals surface area contributed by atoms with Gasteiger partial charge < -0.3 is 3.79 Å². The molecule has 1 aromatic heterocycles. The third kappa shape index (κ3) is 2.43. The molecule has 0 unspecified atom stereocenters. The molecule has 0 bridgehead atoms. The Morgan fingerprint density at radius 1 is 1.06 bits per heavy atom. The second-order valence-electron chi connectivity index (χ2n) is 4.90. The molecule has 0 saturated carbocycles. The Bertz CT molecular complexity index is 552. The molecule has 3 heteroatoms. The van der Waals surface area contributed by atoms with Gasteiger partial charge in [0.1, 0.15) is 0 Å². The number of para-hydroxylation sites is 1. The van der Waals surface area contributed by atoms with Crippen molar-refractivity contribution in [2.45, 2.75) is 26.2 Å². The number of nitrogens with zero attached hydrogens (tertiary/aromatic N) is 1. The van der Waals surface area contributed by atoms with E-state index in [1.54, 1.807) is 0 Å². The van der Waals surface area contributed by atoms with Crippen LogP contribution < -0.4 is 3.79 Å². The molecule has 0 spiro atoms. The largest absolute Gasteiger partial charge is 0.653 e. The van der Waals surface area contributed by atoms with Crippen LogP contribution in [0.5, 0.6) is 5.75 Å². The quantitative estimate of drug-likeness (QED) is 0.784. The standard InChI is InChI=1S/C15H17NO.Al/c1-11-7-6-10-14(16-11)15(2,3)12-8-4-5-9-13(12)17;/h4-10,17H,1-3H3;/q;+1/p-1. The van der Waals surface area contributed by atoms with Crippen molar-refractivity contribution in [1.29, 1.82) is 0 Å². The molecule has 0 aliphatic heterocycles. The highest BCUT2D eigenvalue weighted by molar-refractivity contribution is 6.00. The number of hydrogen-bond acceptors (Lipinski definition) is 2. The average molecular weight is 253 g/mol. The van der Waals surface area contributed by atoms with E-state index in [1.165, 1.54) is 0 Å². The van der Waals surface area contributed by atoms with Gasteiger partial charge in [0.15, 0.2) is 0 Å². The molecule has 0 aliphatic rings. The molecule has 0 N–H and O–H groups in total. The van der Waals surface area contributed by atoms with Crippen molar-refractivity contribution in [2.75, 3.05) is 0 Å². The Kier molecular flexibility index (Phi) is 3.75. The zero-order chi connectivity index (χ0) is 13.2. The first-order chi connectivity index (χ1) is 8.55. The van der Waals surface area contributed by atoms with E-state index < -0.39 is 0 Å². The minimum atomic E-state index is -0.181. The minimum absolute atomic E-state index is 0.181. The predicted molar refractivity (Wildman–Crippen MR) is 73.9 cm³/mol. The summed E-state index contributed by atoms with van der Waals surface area (Å²) in [5.74, 6) is 0.871. The normalized spacial score (nSPS) is 11.3. The highest BCUT2D eigenvalue weighted by Crippen LogP contribution is 2.35. The number of rotatable bonds is 3. The number of pyridine rings is 1. The zero-order valence-corrected chi connectivity index (χ0v) is 12.1. The fourth-order valence-corrected chi connectivity index (χ4v) is 2.32. The molecular weight excluding hydrogens is 237 g/mol. The van der Waals surface area contributed by atoms with Gasteiger partial charge in [0.05, 0.1) is 11.4 Å². The number of aryl methyl sites for hydroxylation is 1. The highest BCUT2D eigenvalue weighted by atomic mass is 27.1. The fraction of sp³-hybridized carbons (Fsp3) is 0.267. The van der Waals surface area contributed by atoms with Crippen molar-refractivity contribution < 1.29 is 3.79 Å². The number of hydrogen-bond donors (Lipinski definition) is 0. The van der Waals surface area contributed by atoms with Crippen LogP contribution in [-0.2, 0) is 5.41 Å². The number of benzene rings is 1. The SMILES string of the molecule is Cc1cccc(C(C)(C)c2ccccc2[O][Al])n1. The third-order valence-electron chi connectivity index (χ3n) is 3.22. The van der Waals surface area contributed by atoms with Crippen LogP contribution in [0.25, 0.3) is 0 Å². The van der Waals surface area contributed by atoms with Gasteiger partial charge in [0.2, 0.25) is 0 Å². The maximum atomic E-state index is 5.37. The van der Waals surface area contributed by atoms with Gasteiger partial charge in [-0.05, 0) is 25.1 Å². The lowest BCUT2D eigenvalue weighted by Crippen LogP contribution is -2.21. The highest BCUT2D eigenvalue weighted by Gasteiger charge is 2.27. The fourth-order valence-electron chi connectivity index (χ4n) is 2.11. The van der Waals surface area contributed by atoms with E-state index in [0.29, 0.717) is 0 Å². The molecule has 0 atom stereocenters. The topological polar surface area (TPSA) is 22.1 Å². The molecule has 0 saturated heterocycles. The van der Waals surface area contributed by atoms with Crippen LogP contribution in [0.1, 0.15) is 30.8 Å². The molecular formula is C15H16AlNO. The van der Waals surface area contributed by atoms with Crippen molar-refractivity contribution in [3.8, 4) is 5.75 Å². The summed E-state index contributed by atoms with van der Waals surface area (Å²) < 4.78 is 5.37. The molecule has 2 radical (unpaired) electrons. The lowest BCUT2D eigenvalue weighted by molar-refractivity contribution is 0.549. The maximum absolute atomic E-state index is 5.37. The van der Waals surface area contributed by atoms with Crippen LogP contribution in [0.2, 0.25) is 0 Å². The molecule has 18 heavy (non-hydrogen) atoms. The summed E-state index contributed by atoms with van der Waals surface area (Å²) in [6.45, 7) is 6.34. The van der Waals surface area contributed by atoms with Crippen molar-refractivity contribution in [1.82, 2.24) is 4.98 Å². The Balaban J connectivity index is 2.54. The van der Waals surface area contributed by atoms with Crippen molar-refractivity contribution >= 4 is 16.6 Å². The molecule has 0 amide bonds. The van der Waals surface area contributed by atoms with Gasteiger partial charge in [-0.2, -0.15) is 0 Å². The van der Waals surface area contributed by atoms with Crippen LogP contribution in [0.15, 0.2) is 42.5 Å². The van der Waals surface area contributed by atoms with Gasteiger partial charge >= 0.3 is 16.6 Å². The summed E-state index contributed by atoms with van der Waals surface area (Å²) in [6, 6.07) is 14.2. The maximum Gasteiger partial charge on any atom is 0.482 e. The van der Waals surface area contributed by atoms with Gasteiger partial charge in [0, 0.05) is 16.7 Å². The summed E-state index contributed by atoms with van der Waals surface area (Å²) in [6.07, 6.45) is 0. The van der Waals surface area contributed by atoms with Crippen LogP contribution in [-0.4, -0.2) is 21.6 Å². The first-order valence-corrected chi connectivity index (χ1v) is 6.43. The second-order valence-corrected chi connectivity index (χ2v) is 5.14. The molecule has 90 valence electrons. The van der Waals surface area contributed by atoms with Gasteiger partial charge in [0.25, 0.3) is 0 Å². The molecule has 2 nitrogen and oxygen atoms in total. The smallest absolute Gasteiger partial charge is 0.482 e. The van der Waals surface area contributed by atoms with Crippen molar-refractivity contribution in [2.24, 2.45) is 0 Å². The first-order valence-electron chi connectivity index (χ1n) is 5.96. The Labute approximate surface area is 117 Å². The Hall–Kier alpha value is -1.30. The first kappa shape index (κ1) is 13.1. The monoisotopic (exact) mass is 253 g/mol. The molecule has 0 fully saturated rings. The summed E-state index contributed by atoms with van der Waals surface area (Å²) in [5.41, 5.74) is 3.04. The van der Waals surface area contributed by atoms with Gasteiger partial charge in [-0.3, -0.25) is 4.98 Å². The van der Waals surface area contributed by atoms with Gasteiger partial charge in [-0.15, -0.1) is 0 Å². The van der Waals surface area contributed by atoms with Crippen molar-refractivity contribution in [3.05, 3.63) is 59.4 Å². The third-order valence-corrected chi connectivity index (χ3v) is 3.47. The Morgan fingerprint density at radius 2 is 1.78 bits per heavy atom. The van der Waals surface area contributed by atoms with Gasteiger partial charge in [-0.25, -0.2) is 0 Å².